The number of benzene rings is 3. The molecule has 0 saturated carbocycles. The molecular weight excluding hydrogens is 511 g/mol. The van der Waals surface area contributed by atoms with E-state index in [-0.39, 0.29) is 11.4 Å². The molecular formula is C29H28ClFN2O5. The molecule has 2 aliphatic heterocycles. The molecule has 1 N–H and O–H groups in total. The van der Waals surface area contributed by atoms with Crippen molar-refractivity contribution in [1.82, 2.24) is 4.90 Å². The predicted octanol–water partition coefficient (Wildman–Crippen LogP) is 6.02. The van der Waals surface area contributed by atoms with Crippen LogP contribution in [0.15, 0.2) is 59.8 Å². The average molecular weight is 539 g/mol. The summed E-state index contributed by atoms with van der Waals surface area (Å²) in [6.07, 6.45) is 0.591. The largest absolute Gasteiger partial charge is 0.493 e. The van der Waals surface area contributed by atoms with Gasteiger partial charge in [0.1, 0.15) is 17.3 Å². The summed E-state index contributed by atoms with van der Waals surface area (Å²) in [4.78, 5) is 19.3. The molecule has 0 aromatic heterocycles. The third-order valence-corrected chi connectivity index (χ3v) is 6.97. The molecule has 1 fully saturated rings. The van der Waals surface area contributed by atoms with Crippen LogP contribution in [0.25, 0.3) is 11.1 Å². The second-order valence-corrected chi connectivity index (χ2v) is 9.88. The highest BCUT2D eigenvalue weighted by molar-refractivity contribution is 6.34. The summed E-state index contributed by atoms with van der Waals surface area (Å²) in [6.45, 7) is 6.85. The summed E-state index contributed by atoms with van der Waals surface area (Å²) < 4.78 is 25.5. The normalized spacial score (nSPS) is 16.1. The van der Waals surface area contributed by atoms with Gasteiger partial charge in [-0.25, -0.2) is 9.18 Å². The van der Waals surface area contributed by atoms with E-state index in [0.29, 0.717) is 67.1 Å². The Morgan fingerprint density at radius 1 is 1.08 bits per heavy atom. The van der Waals surface area contributed by atoms with Crippen molar-refractivity contribution < 1.29 is 28.6 Å². The van der Waals surface area contributed by atoms with E-state index < -0.39 is 11.6 Å². The molecule has 38 heavy (non-hydrogen) atoms. The van der Waals surface area contributed by atoms with Gasteiger partial charge in [-0.05, 0) is 61.4 Å². The van der Waals surface area contributed by atoms with Crippen LogP contribution in [-0.4, -0.2) is 53.6 Å². The van der Waals surface area contributed by atoms with Gasteiger partial charge < -0.3 is 19.4 Å². The first kappa shape index (κ1) is 26.0. The van der Waals surface area contributed by atoms with E-state index in [1.54, 1.807) is 18.2 Å². The fourth-order valence-electron chi connectivity index (χ4n) is 5.03. The van der Waals surface area contributed by atoms with Gasteiger partial charge in [-0.1, -0.05) is 35.0 Å². The van der Waals surface area contributed by atoms with E-state index in [1.807, 2.05) is 26.0 Å². The van der Waals surface area contributed by atoms with E-state index in [9.17, 15) is 14.3 Å². The van der Waals surface area contributed by atoms with Crippen LogP contribution in [0.5, 0.6) is 11.5 Å². The average Bonchev–Trinajstić information content (AvgIpc) is 3.30. The lowest BCUT2D eigenvalue weighted by Gasteiger charge is -2.45. The quantitative estimate of drug-likeness (QED) is 0.359. The van der Waals surface area contributed by atoms with Crippen LogP contribution in [0.1, 0.15) is 41.8 Å². The summed E-state index contributed by atoms with van der Waals surface area (Å²) in [5, 5.41) is 13.8. The number of oxime groups is 1. The van der Waals surface area contributed by atoms with Crippen molar-refractivity contribution >= 4 is 23.3 Å². The molecule has 198 valence electrons. The van der Waals surface area contributed by atoms with Crippen LogP contribution in [0.2, 0.25) is 5.02 Å². The van der Waals surface area contributed by atoms with Crippen LogP contribution in [0.3, 0.4) is 0 Å². The highest BCUT2D eigenvalue weighted by Gasteiger charge is 2.50. The van der Waals surface area contributed by atoms with Crippen LogP contribution in [0.4, 0.5) is 4.39 Å². The van der Waals surface area contributed by atoms with Gasteiger partial charge in [0.2, 0.25) is 0 Å². The zero-order chi connectivity index (χ0) is 26.9. The Hall–Kier alpha value is -3.62. The highest BCUT2D eigenvalue weighted by atomic mass is 35.5. The summed E-state index contributed by atoms with van der Waals surface area (Å²) in [7, 11) is 0. The van der Waals surface area contributed by atoms with Crippen LogP contribution in [-0.2, 0) is 11.4 Å². The minimum Gasteiger partial charge on any atom is -0.493 e. The Labute approximate surface area is 225 Å². The molecule has 3 aromatic rings. The van der Waals surface area contributed by atoms with E-state index >= 15 is 0 Å². The maximum atomic E-state index is 13.5. The number of likely N-dealkylation sites (tertiary alicyclic amines) is 1. The van der Waals surface area contributed by atoms with E-state index in [2.05, 4.69) is 10.1 Å². The maximum Gasteiger partial charge on any atom is 0.335 e. The molecule has 9 heteroatoms. The monoisotopic (exact) mass is 538 g/mol. The first-order chi connectivity index (χ1) is 18.3. The fraction of sp³-hybridized carbons (Fsp3) is 0.310. The number of hydrogen-bond donors (Lipinski definition) is 1. The van der Waals surface area contributed by atoms with Gasteiger partial charge in [-0.3, -0.25) is 4.90 Å². The highest BCUT2D eigenvalue weighted by Crippen LogP contribution is 2.42. The summed E-state index contributed by atoms with van der Waals surface area (Å²) >= 11 is 6.34. The minimum atomic E-state index is -1.03. The molecule has 3 aromatic carbocycles. The molecule has 0 unspecified atom stereocenters. The van der Waals surface area contributed by atoms with Crippen molar-refractivity contribution in [1.29, 1.82) is 0 Å². The Bertz CT molecular complexity index is 1360. The Kier molecular flexibility index (Phi) is 7.27. The van der Waals surface area contributed by atoms with Crippen LogP contribution in [0, 0.1) is 5.82 Å². The number of aromatic carboxylic acids is 1. The van der Waals surface area contributed by atoms with Crippen LogP contribution >= 0.6 is 11.6 Å². The van der Waals surface area contributed by atoms with Gasteiger partial charge in [-0.15, -0.1) is 0 Å². The molecule has 0 bridgehead atoms. The summed E-state index contributed by atoms with van der Waals surface area (Å²) in [5.41, 5.74) is 3.77. The van der Waals surface area contributed by atoms with Gasteiger partial charge in [0.15, 0.2) is 5.60 Å². The number of hydrogen-bond acceptors (Lipinski definition) is 6. The Morgan fingerprint density at radius 3 is 2.32 bits per heavy atom. The van der Waals surface area contributed by atoms with Gasteiger partial charge in [-0.2, -0.15) is 0 Å². The molecule has 2 heterocycles. The molecule has 0 amide bonds. The molecule has 0 atom stereocenters. The molecule has 0 radical (unpaired) electrons. The Morgan fingerprint density at radius 2 is 1.74 bits per heavy atom. The first-order valence-corrected chi connectivity index (χ1v) is 12.9. The zero-order valence-electron chi connectivity index (χ0n) is 21.2. The van der Waals surface area contributed by atoms with Crippen molar-refractivity contribution in [2.24, 2.45) is 5.16 Å². The SMILES string of the molecule is CCOc1cc(CN2CC3(CC(c4ccc(C(=O)O)cc4Cl)=NO3)C2)cc(OCC)c1-c1ccc(F)cc1. The van der Waals surface area contributed by atoms with E-state index in [0.717, 1.165) is 16.7 Å². The third kappa shape index (κ3) is 5.19. The van der Waals surface area contributed by atoms with Gasteiger partial charge in [0.05, 0.1) is 35.1 Å². The van der Waals surface area contributed by atoms with Crippen molar-refractivity contribution in [3.8, 4) is 22.6 Å². The number of carboxylic acids is 1. The standard InChI is InChI=1S/C29H28ClFN2O5/c1-3-36-25-11-18(12-26(37-4-2)27(25)19-5-8-21(31)9-6-19)15-33-16-29(17-33)14-24(32-38-29)22-10-7-20(28(34)35)13-23(22)30/h5-13H,3-4,14-17H2,1-2H3,(H,34,35). The van der Waals surface area contributed by atoms with E-state index in [1.165, 1.54) is 24.3 Å². The van der Waals surface area contributed by atoms with Crippen molar-refractivity contribution in [3.63, 3.8) is 0 Å². The molecule has 7 nitrogen and oxygen atoms in total. The molecule has 1 saturated heterocycles. The second kappa shape index (κ2) is 10.6. The maximum absolute atomic E-state index is 13.5. The molecule has 0 aliphatic carbocycles. The predicted molar refractivity (Wildman–Crippen MR) is 143 cm³/mol. The van der Waals surface area contributed by atoms with Crippen molar-refractivity contribution in [2.45, 2.75) is 32.4 Å². The smallest absolute Gasteiger partial charge is 0.335 e. The van der Waals surface area contributed by atoms with Gasteiger partial charge in [0.25, 0.3) is 0 Å². The molecule has 5 rings (SSSR count). The third-order valence-electron chi connectivity index (χ3n) is 6.65. The second-order valence-electron chi connectivity index (χ2n) is 9.47. The number of rotatable bonds is 9. The minimum absolute atomic E-state index is 0.131. The van der Waals surface area contributed by atoms with Crippen molar-refractivity contribution in [3.05, 3.63) is 82.1 Å². The lowest BCUT2D eigenvalue weighted by Crippen LogP contribution is -2.61. The fourth-order valence-corrected chi connectivity index (χ4v) is 5.32. The van der Waals surface area contributed by atoms with E-state index in [4.69, 9.17) is 25.9 Å². The van der Waals surface area contributed by atoms with Crippen molar-refractivity contribution in [2.75, 3.05) is 26.3 Å². The molecule has 2 aliphatic rings. The van der Waals surface area contributed by atoms with Gasteiger partial charge >= 0.3 is 5.97 Å². The lowest BCUT2D eigenvalue weighted by molar-refractivity contribution is -0.128. The number of halogens is 2. The first-order valence-electron chi connectivity index (χ1n) is 12.5. The van der Waals surface area contributed by atoms with Gasteiger partial charge in [0, 0.05) is 31.6 Å². The number of carbonyl (C=O) groups is 1. The summed E-state index contributed by atoms with van der Waals surface area (Å²) in [6, 6.07) is 15.0. The number of ether oxygens (including phenoxy) is 2. The number of carboxylic acid groups (broad SMARTS) is 1. The topological polar surface area (TPSA) is 80.6 Å². The molecule has 1 spiro atoms. The number of nitrogens with zero attached hydrogens (tertiary/aromatic N) is 2. The zero-order valence-corrected chi connectivity index (χ0v) is 21.9. The Balaban J connectivity index is 1.30. The lowest BCUT2D eigenvalue weighted by atomic mass is 9.86. The van der Waals surface area contributed by atoms with Crippen LogP contribution < -0.4 is 9.47 Å². The summed E-state index contributed by atoms with van der Waals surface area (Å²) in [5.74, 6) is 0.0589.